The fourth-order valence-corrected chi connectivity index (χ4v) is 0. The van der Waals surface area contributed by atoms with Crippen molar-refractivity contribution < 1.29 is 0 Å². The standard InChI is InChI=1S/4Cl3HSi.H4Si/c4*1-4(2)3;/h4*4H;1H4. The zero-order chi connectivity index (χ0) is 14.3. The largest absolute Gasteiger partial charge is 0.326 e. The third kappa shape index (κ3) is 340. The van der Waals surface area contributed by atoms with Crippen molar-refractivity contribution in [3.63, 3.8) is 0 Å². The number of rotatable bonds is 0. The van der Waals surface area contributed by atoms with Gasteiger partial charge < -0.3 is 0 Å². The number of halogens is 12. The van der Waals surface area contributed by atoms with Gasteiger partial charge in [0.15, 0.2) is 0 Å². The molecule has 0 aromatic rings. The highest BCUT2D eigenvalue weighted by Gasteiger charge is 1.86. The molecule has 0 nitrogen and oxygen atoms in total. The lowest BCUT2D eigenvalue weighted by atomic mass is 27.7. The quantitative estimate of drug-likeness (QED) is 0.301. The summed E-state index contributed by atoms with van der Waals surface area (Å²) in [6.07, 6.45) is 0. The maximum atomic E-state index is 4.94. The van der Waals surface area contributed by atoms with E-state index in [1.165, 1.54) is 0 Å². The Balaban J connectivity index is -0.0000000369. The van der Waals surface area contributed by atoms with Gasteiger partial charge in [0.05, 0.1) is 0 Å². The van der Waals surface area contributed by atoms with Gasteiger partial charge in [0.25, 0.3) is 0 Å². The van der Waals surface area contributed by atoms with E-state index in [2.05, 4.69) is 0 Å². The van der Waals surface area contributed by atoms with Gasteiger partial charge in [-0.2, -0.15) is 0 Å². The highest BCUT2D eigenvalue weighted by molar-refractivity contribution is 7.55. The van der Waals surface area contributed by atoms with Crippen LogP contribution in [-0.2, 0) is 0 Å². The van der Waals surface area contributed by atoms with Gasteiger partial charge in [-0.25, -0.2) is 0 Å². The normalized spacial score (nSPS) is 8.47. The first-order valence-electron chi connectivity index (χ1n) is 2.62. The summed E-state index contributed by atoms with van der Waals surface area (Å²) in [6.45, 7) is -6.89. The molecule has 0 aromatic heterocycles. The van der Waals surface area contributed by atoms with Crippen LogP contribution in [0.1, 0.15) is 0 Å². The van der Waals surface area contributed by atoms with Crippen LogP contribution in [0.4, 0.5) is 0 Å². The summed E-state index contributed by atoms with van der Waals surface area (Å²) in [7, 11) is 0. The minimum atomic E-state index is -1.72. The molecule has 112 valence electrons. The van der Waals surface area contributed by atoms with E-state index in [0.717, 1.165) is 0 Å². The summed E-state index contributed by atoms with van der Waals surface area (Å²) >= 11 is 59.3. The van der Waals surface area contributed by atoms with Crippen LogP contribution in [0.5, 0.6) is 0 Å². The maximum absolute atomic E-state index is 4.94. The lowest BCUT2D eigenvalue weighted by Crippen LogP contribution is -1.66. The molecule has 0 saturated carbocycles. The fraction of sp³-hybridized carbons (Fsp3) is 0. The third-order valence-corrected chi connectivity index (χ3v) is 0. The van der Waals surface area contributed by atoms with Crippen LogP contribution in [0.25, 0.3) is 0 Å². The molecule has 0 fully saturated rings. The molecule has 17 heavy (non-hydrogen) atoms. The molecule has 0 rings (SSSR count). The topological polar surface area (TPSA) is 0 Å². The van der Waals surface area contributed by atoms with Gasteiger partial charge in [0, 0.05) is 0 Å². The second-order valence-electron chi connectivity index (χ2n) is 0.990. The molecule has 0 N–H and O–H groups in total. The Bertz CT molecular complexity index is 57.9. The summed E-state index contributed by atoms with van der Waals surface area (Å²) < 4.78 is 0. The Kier molecular flexibility index (Phi) is 56.1. The van der Waals surface area contributed by atoms with Crippen LogP contribution in [0.2, 0.25) is 0 Å². The van der Waals surface area contributed by atoms with Crippen molar-refractivity contribution in [3.8, 4) is 0 Å². The predicted octanol–water partition coefficient (Wildman–Crippen LogP) is 4.23. The molecule has 0 saturated heterocycles. The molecule has 0 unspecified atom stereocenters. The minimum absolute atomic E-state index is 0. The Labute approximate surface area is 168 Å². The highest BCUT2D eigenvalue weighted by atomic mass is 35.9. The average molecular weight is 574 g/mol. The second-order valence-corrected chi connectivity index (χ2v) is 26.7. The maximum Gasteiger partial charge on any atom is 0.326 e. The molecule has 0 aliphatic heterocycles. The van der Waals surface area contributed by atoms with Crippen LogP contribution >= 0.6 is 133 Å². The van der Waals surface area contributed by atoms with Gasteiger partial charge in [-0.3, -0.25) is 0 Å². The first-order valence-corrected chi connectivity index (χ1v) is 23.6. The SMILES string of the molecule is Cl[SiH](Cl)Cl.Cl[SiH](Cl)Cl.Cl[SiH](Cl)Cl.Cl[SiH](Cl)Cl.[SiH4]. The third-order valence-electron chi connectivity index (χ3n) is 0. The van der Waals surface area contributed by atoms with E-state index in [-0.39, 0.29) is 11.0 Å². The van der Waals surface area contributed by atoms with E-state index in [9.17, 15) is 0 Å². The van der Waals surface area contributed by atoms with Crippen molar-refractivity contribution in [1.29, 1.82) is 0 Å². The molecular formula is H8Cl12Si5. The first-order chi connectivity index (χ1) is 6.93. The molecule has 0 amide bonds. The van der Waals surface area contributed by atoms with E-state index in [0.29, 0.717) is 0 Å². The van der Waals surface area contributed by atoms with Crippen molar-refractivity contribution in [3.05, 3.63) is 0 Å². The van der Waals surface area contributed by atoms with E-state index in [4.69, 9.17) is 133 Å². The molecule has 0 spiro atoms. The van der Waals surface area contributed by atoms with Crippen LogP contribution in [-0.4, -0.2) is 37.9 Å². The van der Waals surface area contributed by atoms with Crippen LogP contribution in [0.15, 0.2) is 0 Å². The lowest BCUT2D eigenvalue weighted by molar-refractivity contribution is 4.07. The van der Waals surface area contributed by atoms with Crippen LogP contribution < -0.4 is 0 Å². The van der Waals surface area contributed by atoms with Crippen LogP contribution in [0, 0.1) is 0 Å². The first kappa shape index (κ1) is 33.2. The Hall–Kier alpha value is 4.56. The molecule has 0 atom stereocenters. The van der Waals surface area contributed by atoms with Gasteiger partial charge in [-0.05, 0) is 11.0 Å². The predicted molar refractivity (Wildman–Crippen MR) is 110 cm³/mol. The summed E-state index contributed by atoms with van der Waals surface area (Å²) in [5, 5.41) is 0. The van der Waals surface area contributed by atoms with Crippen molar-refractivity contribution in [2.75, 3.05) is 0 Å². The monoisotopic (exact) mass is 568 g/mol. The molecule has 0 aliphatic carbocycles. The van der Waals surface area contributed by atoms with Gasteiger partial charge in [-0.15, -0.1) is 133 Å². The van der Waals surface area contributed by atoms with E-state index in [1.54, 1.807) is 0 Å². The smallest absolute Gasteiger partial charge is 0.130 e. The van der Waals surface area contributed by atoms with E-state index < -0.39 is 26.9 Å². The molecule has 0 aliphatic rings. The summed E-state index contributed by atoms with van der Waals surface area (Å²) in [4.78, 5) is 0. The zero-order valence-corrected chi connectivity index (χ0v) is 20.5. The average Bonchev–Trinajstić information content (AvgIpc) is 1.76. The Morgan fingerprint density at radius 2 is 0.294 bits per heavy atom. The number of hydrogen-bond acceptors (Lipinski definition) is 0. The molecule has 0 aromatic carbocycles. The van der Waals surface area contributed by atoms with Gasteiger partial charge >= 0.3 is 26.9 Å². The Morgan fingerprint density at radius 3 is 0.294 bits per heavy atom. The van der Waals surface area contributed by atoms with Crippen LogP contribution in [0.3, 0.4) is 0 Å². The fourth-order valence-electron chi connectivity index (χ4n) is 0. The van der Waals surface area contributed by atoms with Crippen molar-refractivity contribution in [2.45, 2.75) is 0 Å². The molecule has 17 heteroatoms. The molecular weight excluding hydrogens is 566 g/mol. The highest BCUT2D eigenvalue weighted by Crippen LogP contribution is 1.98. The second kappa shape index (κ2) is 28.7. The van der Waals surface area contributed by atoms with E-state index >= 15 is 0 Å². The van der Waals surface area contributed by atoms with Gasteiger partial charge in [0.2, 0.25) is 0 Å². The zero-order valence-electron chi connectivity index (χ0n) is 6.84. The molecule has 0 radical (unpaired) electrons. The van der Waals surface area contributed by atoms with Gasteiger partial charge in [-0.1, -0.05) is 0 Å². The van der Waals surface area contributed by atoms with E-state index in [1.807, 2.05) is 0 Å². The summed E-state index contributed by atoms with van der Waals surface area (Å²) in [6, 6.07) is 0. The lowest BCUT2D eigenvalue weighted by Gasteiger charge is -1.65. The minimum Gasteiger partial charge on any atom is -0.130 e. The van der Waals surface area contributed by atoms with Crippen molar-refractivity contribution in [1.82, 2.24) is 0 Å². The summed E-state index contributed by atoms with van der Waals surface area (Å²) in [5.41, 5.74) is 0. The Morgan fingerprint density at radius 1 is 0.294 bits per heavy atom. The molecule has 0 heterocycles. The van der Waals surface area contributed by atoms with Crippen molar-refractivity contribution >= 4 is 171 Å². The summed E-state index contributed by atoms with van der Waals surface area (Å²) in [5.74, 6) is 0. The number of hydrogen-bond donors (Lipinski definition) is 0. The van der Waals surface area contributed by atoms with Crippen molar-refractivity contribution in [2.24, 2.45) is 0 Å². The molecule has 0 bridgehead atoms. The van der Waals surface area contributed by atoms with Gasteiger partial charge in [0.1, 0.15) is 0 Å².